The van der Waals surface area contributed by atoms with Crippen LogP contribution in [-0.4, -0.2) is 27.8 Å². The molecule has 128 valence electrons. The molecule has 2 aromatic heterocycles. The van der Waals surface area contributed by atoms with E-state index in [9.17, 15) is 13.6 Å². The fourth-order valence-electron chi connectivity index (χ4n) is 4.33. The molecule has 2 fully saturated rings. The quantitative estimate of drug-likeness (QED) is 0.789. The minimum absolute atomic E-state index is 0.156. The lowest BCUT2D eigenvalue weighted by atomic mass is 9.63. The van der Waals surface area contributed by atoms with E-state index in [4.69, 9.17) is 5.73 Å². The van der Waals surface area contributed by atoms with Crippen molar-refractivity contribution in [2.24, 2.45) is 23.5 Å². The van der Waals surface area contributed by atoms with Crippen LogP contribution < -0.4 is 11.1 Å². The molecule has 0 aromatic carbocycles. The molecule has 2 atom stereocenters. The van der Waals surface area contributed by atoms with E-state index >= 15 is 0 Å². The van der Waals surface area contributed by atoms with Gasteiger partial charge in [0.25, 0.3) is 0 Å². The number of pyridine rings is 1. The van der Waals surface area contributed by atoms with Gasteiger partial charge in [-0.15, -0.1) is 0 Å². The summed E-state index contributed by atoms with van der Waals surface area (Å²) in [6, 6.07) is 3.53. The molecular weight excluding hydrogens is 314 g/mol. The van der Waals surface area contributed by atoms with E-state index in [1.54, 1.807) is 12.4 Å². The maximum atomic E-state index is 13.7. The SMILES string of the molecule is NC1C2CC(C(=O)Nc3nccc4cc[nH]c34)CC1CC(F)(F)C2. The number of amides is 1. The van der Waals surface area contributed by atoms with Crippen LogP contribution in [0.25, 0.3) is 10.9 Å². The lowest BCUT2D eigenvalue weighted by Gasteiger charge is -2.46. The Morgan fingerprint density at radius 2 is 2.00 bits per heavy atom. The topological polar surface area (TPSA) is 83.8 Å². The maximum absolute atomic E-state index is 13.7. The number of nitrogens with two attached hydrogens (primary N) is 1. The summed E-state index contributed by atoms with van der Waals surface area (Å²) < 4.78 is 27.5. The van der Waals surface area contributed by atoms with Crippen molar-refractivity contribution in [2.75, 3.05) is 5.32 Å². The van der Waals surface area contributed by atoms with E-state index in [0.29, 0.717) is 18.7 Å². The monoisotopic (exact) mass is 334 g/mol. The van der Waals surface area contributed by atoms with E-state index in [1.807, 2.05) is 12.1 Å². The number of rotatable bonds is 2. The van der Waals surface area contributed by atoms with Gasteiger partial charge in [0.05, 0.1) is 5.52 Å². The van der Waals surface area contributed by atoms with Gasteiger partial charge in [0, 0.05) is 42.6 Å². The van der Waals surface area contributed by atoms with E-state index in [0.717, 1.165) is 10.9 Å². The summed E-state index contributed by atoms with van der Waals surface area (Å²) in [6.07, 6.45) is 3.84. The first kappa shape index (κ1) is 15.5. The van der Waals surface area contributed by atoms with Crippen molar-refractivity contribution in [3.8, 4) is 0 Å². The van der Waals surface area contributed by atoms with Crippen LogP contribution in [0.1, 0.15) is 25.7 Å². The van der Waals surface area contributed by atoms with Crippen LogP contribution in [0.3, 0.4) is 0 Å². The molecule has 0 radical (unpaired) electrons. The third-order valence-corrected chi connectivity index (χ3v) is 5.47. The van der Waals surface area contributed by atoms with Gasteiger partial charge in [-0.25, -0.2) is 13.8 Å². The second-order valence-electron chi connectivity index (χ2n) is 7.12. The number of hydrogen-bond donors (Lipinski definition) is 3. The summed E-state index contributed by atoms with van der Waals surface area (Å²) in [5.41, 5.74) is 6.87. The maximum Gasteiger partial charge on any atom is 0.248 e. The number of aromatic amines is 1. The van der Waals surface area contributed by atoms with Gasteiger partial charge >= 0.3 is 0 Å². The predicted octanol–water partition coefficient (Wildman–Crippen LogP) is 2.90. The average Bonchev–Trinajstić information content (AvgIpc) is 2.98. The molecule has 2 saturated carbocycles. The van der Waals surface area contributed by atoms with Crippen LogP contribution in [0.4, 0.5) is 14.6 Å². The normalized spacial score (nSPS) is 31.8. The van der Waals surface area contributed by atoms with Crippen molar-refractivity contribution >= 4 is 22.6 Å². The number of nitrogens with zero attached hydrogens (tertiary/aromatic N) is 1. The van der Waals surface area contributed by atoms with E-state index in [2.05, 4.69) is 15.3 Å². The average molecular weight is 334 g/mol. The molecule has 24 heavy (non-hydrogen) atoms. The van der Waals surface area contributed by atoms with Crippen molar-refractivity contribution in [2.45, 2.75) is 37.6 Å². The Balaban J connectivity index is 1.51. The highest BCUT2D eigenvalue weighted by Crippen LogP contribution is 2.48. The molecule has 0 aliphatic heterocycles. The Labute approximate surface area is 138 Å². The second kappa shape index (κ2) is 5.51. The Hall–Kier alpha value is -2.02. The fourth-order valence-corrected chi connectivity index (χ4v) is 4.33. The van der Waals surface area contributed by atoms with Gasteiger partial charge < -0.3 is 16.0 Å². The largest absolute Gasteiger partial charge is 0.358 e. The summed E-state index contributed by atoms with van der Waals surface area (Å²) >= 11 is 0. The Morgan fingerprint density at radius 1 is 1.29 bits per heavy atom. The molecule has 7 heteroatoms. The van der Waals surface area contributed by atoms with Gasteiger partial charge in [-0.2, -0.15) is 0 Å². The van der Waals surface area contributed by atoms with E-state index in [1.165, 1.54) is 0 Å². The number of aromatic nitrogens is 2. The summed E-state index contributed by atoms with van der Waals surface area (Å²) in [7, 11) is 0. The summed E-state index contributed by atoms with van der Waals surface area (Å²) in [5.74, 6) is -3.20. The molecule has 2 aliphatic rings. The van der Waals surface area contributed by atoms with Crippen LogP contribution in [-0.2, 0) is 4.79 Å². The predicted molar refractivity (Wildman–Crippen MR) is 86.6 cm³/mol. The van der Waals surface area contributed by atoms with Gasteiger partial charge in [0.1, 0.15) is 0 Å². The molecule has 5 nitrogen and oxygen atoms in total. The van der Waals surface area contributed by atoms with Crippen molar-refractivity contribution in [3.63, 3.8) is 0 Å². The minimum Gasteiger partial charge on any atom is -0.358 e. The summed E-state index contributed by atoms with van der Waals surface area (Å²) in [6.45, 7) is 0. The van der Waals surface area contributed by atoms with E-state index < -0.39 is 5.92 Å². The molecule has 1 amide bonds. The Bertz CT molecular complexity index is 757. The third kappa shape index (κ3) is 2.66. The molecule has 2 aliphatic carbocycles. The molecule has 4 rings (SSSR count). The standard InChI is InChI=1S/C17H20F2N4O/c18-17(19)7-11-5-10(6-12(8-17)13(11)20)16(24)23-15-14-9(1-3-21-14)2-4-22-15/h1-4,10-13,21H,5-8,20H2,(H,22,23,24). The Morgan fingerprint density at radius 3 is 2.71 bits per heavy atom. The smallest absolute Gasteiger partial charge is 0.248 e. The van der Waals surface area contributed by atoms with Crippen molar-refractivity contribution < 1.29 is 13.6 Å². The fraction of sp³-hybridized carbons (Fsp3) is 0.529. The number of fused-ring (bicyclic) bond motifs is 3. The summed E-state index contributed by atoms with van der Waals surface area (Å²) in [4.78, 5) is 19.9. The number of anilines is 1. The number of carbonyl (C=O) groups is 1. The minimum atomic E-state index is -2.65. The zero-order valence-electron chi connectivity index (χ0n) is 13.1. The number of halogens is 2. The van der Waals surface area contributed by atoms with Gasteiger partial charge in [0.2, 0.25) is 11.8 Å². The van der Waals surface area contributed by atoms with Crippen LogP contribution >= 0.6 is 0 Å². The molecule has 4 N–H and O–H groups in total. The molecule has 0 spiro atoms. The van der Waals surface area contributed by atoms with Crippen molar-refractivity contribution in [3.05, 3.63) is 24.5 Å². The molecular formula is C17H20F2N4O. The first-order valence-corrected chi connectivity index (χ1v) is 8.29. The molecule has 2 unspecified atom stereocenters. The zero-order valence-corrected chi connectivity index (χ0v) is 13.1. The van der Waals surface area contributed by atoms with Gasteiger partial charge in [-0.3, -0.25) is 4.79 Å². The van der Waals surface area contributed by atoms with Crippen LogP contribution in [0, 0.1) is 17.8 Å². The number of H-pyrrole nitrogens is 1. The highest BCUT2D eigenvalue weighted by Gasteiger charge is 2.50. The first-order chi connectivity index (χ1) is 11.4. The van der Waals surface area contributed by atoms with Gasteiger partial charge in [-0.05, 0) is 36.8 Å². The second-order valence-corrected chi connectivity index (χ2v) is 7.12. The van der Waals surface area contributed by atoms with Crippen LogP contribution in [0.5, 0.6) is 0 Å². The van der Waals surface area contributed by atoms with Crippen molar-refractivity contribution in [1.82, 2.24) is 9.97 Å². The first-order valence-electron chi connectivity index (χ1n) is 8.29. The van der Waals surface area contributed by atoms with Crippen LogP contribution in [0.15, 0.2) is 24.5 Å². The molecule has 2 bridgehead atoms. The molecule has 0 saturated heterocycles. The zero-order chi connectivity index (χ0) is 16.9. The van der Waals surface area contributed by atoms with Crippen molar-refractivity contribution in [1.29, 1.82) is 0 Å². The highest BCUT2D eigenvalue weighted by atomic mass is 19.3. The van der Waals surface area contributed by atoms with Crippen LogP contribution in [0.2, 0.25) is 0 Å². The highest BCUT2D eigenvalue weighted by molar-refractivity contribution is 5.99. The summed E-state index contributed by atoms with van der Waals surface area (Å²) in [5, 5.41) is 3.82. The number of nitrogens with one attached hydrogen (secondary N) is 2. The Kier molecular flexibility index (Phi) is 3.56. The molecule has 2 heterocycles. The number of alkyl halides is 2. The van der Waals surface area contributed by atoms with Gasteiger partial charge in [0.15, 0.2) is 5.82 Å². The number of hydrogen-bond acceptors (Lipinski definition) is 3. The lowest BCUT2D eigenvalue weighted by molar-refractivity contribution is -0.130. The lowest BCUT2D eigenvalue weighted by Crippen LogP contribution is -2.53. The third-order valence-electron chi connectivity index (χ3n) is 5.47. The molecule has 2 aromatic rings. The van der Waals surface area contributed by atoms with Gasteiger partial charge in [-0.1, -0.05) is 0 Å². The van der Waals surface area contributed by atoms with E-state index in [-0.39, 0.29) is 42.5 Å². The number of carbonyl (C=O) groups excluding carboxylic acids is 1.